The van der Waals surface area contributed by atoms with Crippen LogP contribution in [0.1, 0.15) is 21.5 Å². The molecule has 25 heavy (non-hydrogen) atoms. The number of fused-ring (bicyclic) bond motifs is 1. The number of carbonyl (C=O) groups is 1. The number of para-hydroxylation sites is 2. The lowest BCUT2D eigenvalue weighted by molar-refractivity contribution is 0.102. The first-order chi connectivity index (χ1) is 12.3. The number of carbonyl (C=O) groups excluding carboxylic acids is 1. The summed E-state index contributed by atoms with van der Waals surface area (Å²) >= 11 is 0. The van der Waals surface area contributed by atoms with E-state index in [2.05, 4.69) is 28.5 Å². The van der Waals surface area contributed by atoms with Crippen LogP contribution in [0, 0.1) is 0 Å². The molecule has 3 aromatic carbocycles. The van der Waals surface area contributed by atoms with Crippen molar-refractivity contribution in [3.8, 4) is 0 Å². The van der Waals surface area contributed by atoms with Gasteiger partial charge in [-0.2, -0.15) is 0 Å². The molecular formula is C22H18N2O. The maximum atomic E-state index is 12.8. The van der Waals surface area contributed by atoms with Gasteiger partial charge in [0.2, 0.25) is 0 Å². The van der Waals surface area contributed by atoms with E-state index in [1.807, 2.05) is 60.7 Å². The van der Waals surface area contributed by atoms with Crippen LogP contribution in [-0.2, 0) is 6.42 Å². The summed E-state index contributed by atoms with van der Waals surface area (Å²) in [6.07, 6.45) is 2.55. The topological polar surface area (TPSA) is 44.9 Å². The van der Waals surface area contributed by atoms with Gasteiger partial charge in [-0.1, -0.05) is 66.7 Å². The summed E-state index contributed by atoms with van der Waals surface area (Å²) in [6.45, 7) is 0. The predicted molar refractivity (Wildman–Crippen MR) is 102 cm³/mol. The van der Waals surface area contributed by atoms with Crippen molar-refractivity contribution in [2.45, 2.75) is 6.42 Å². The molecule has 0 aliphatic rings. The third-order valence-electron chi connectivity index (χ3n) is 4.34. The lowest BCUT2D eigenvalue weighted by atomic mass is 10.0. The van der Waals surface area contributed by atoms with Crippen molar-refractivity contribution in [1.82, 2.24) is 4.98 Å². The molecule has 0 atom stereocenters. The molecule has 0 unspecified atom stereocenters. The SMILES string of the molecule is O=C(Nc1ccccc1Cc1ccccc1)c1c[nH]c2ccccc12. The average molecular weight is 326 g/mol. The van der Waals surface area contributed by atoms with Crippen LogP contribution in [0.3, 0.4) is 0 Å². The second-order valence-electron chi connectivity index (χ2n) is 6.02. The van der Waals surface area contributed by atoms with Gasteiger partial charge in [0, 0.05) is 22.8 Å². The normalized spacial score (nSPS) is 10.7. The van der Waals surface area contributed by atoms with E-state index in [4.69, 9.17) is 0 Å². The van der Waals surface area contributed by atoms with Gasteiger partial charge in [0.05, 0.1) is 5.56 Å². The molecule has 0 saturated carbocycles. The van der Waals surface area contributed by atoms with Crippen LogP contribution in [0.5, 0.6) is 0 Å². The Labute approximate surface area is 146 Å². The van der Waals surface area contributed by atoms with Gasteiger partial charge in [-0.25, -0.2) is 0 Å². The number of hydrogen-bond acceptors (Lipinski definition) is 1. The van der Waals surface area contributed by atoms with Gasteiger partial charge in [-0.05, 0) is 29.7 Å². The minimum atomic E-state index is -0.0991. The van der Waals surface area contributed by atoms with Gasteiger partial charge >= 0.3 is 0 Å². The first kappa shape index (κ1) is 15.2. The molecule has 0 radical (unpaired) electrons. The first-order valence-electron chi connectivity index (χ1n) is 8.30. The fourth-order valence-corrected chi connectivity index (χ4v) is 3.06. The van der Waals surface area contributed by atoms with Crippen LogP contribution in [0.2, 0.25) is 0 Å². The summed E-state index contributed by atoms with van der Waals surface area (Å²) < 4.78 is 0. The third kappa shape index (κ3) is 3.17. The number of aromatic amines is 1. The molecule has 0 aliphatic carbocycles. The number of nitrogens with one attached hydrogen (secondary N) is 2. The molecule has 0 aliphatic heterocycles. The third-order valence-corrected chi connectivity index (χ3v) is 4.34. The van der Waals surface area contributed by atoms with Crippen molar-refractivity contribution in [2.75, 3.05) is 5.32 Å². The molecule has 4 rings (SSSR count). The molecule has 3 heteroatoms. The quantitative estimate of drug-likeness (QED) is 0.544. The molecule has 1 amide bonds. The summed E-state index contributed by atoms with van der Waals surface area (Å²) in [4.78, 5) is 15.9. The largest absolute Gasteiger partial charge is 0.360 e. The number of anilines is 1. The zero-order valence-corrected chi connectivity index (χ0v) is 13.7. The summed E-state index contributed by atoms with van der Waals surface area (Å²) in [5.74, 6) is -0.0991. The molecule has 0 saturated heterocycles. The zero-order chi connectivity index (χ0) is 17.1. The van der Waals surface area contributed by atoms with E-state index in [9.17, 15) is 4.79 Å². The van der Waals surface area contributed by atoms with E-state index in [1.165, 1.54) is 5.56 Å². The number of hydrogen-bond donors (Lipinski definition) is 2. The van der Waals surface area contributed by atoms with Crippen molar-refractivity contribution >= 4 is 22.5 Å². The lowest BCUT2D eigenvalue weighted by Gasteiger charge is -2.11. The molecule has 122 valence electrons. The Morgan fingerprint density at radius 2 is 1.56 bits per heavy atom. The second kappa shape index (κ2) is 6.65. The molecule has 3 nitrogen and oxygen atoms in total. The molecule has 0 spiro atoms. The number of H-pyrrole nitrogens is 1. The summed E-state index contributed by atoms with van der Waals surface area (Å²) in [5.41, 5.74) is 4.79. The minimum absolute atomic E-state index is 0.0991. The van der Waals surface area contributed by atoms with E-state index >= 15 is 0 Å². The zero-order valence-electron chi connectivity index (χ0n) is 13.7. The maximum Gasteiger partial charge on any atom is 0.257 e. The molecule has 0 bridgehead atoms. The van der Waals surface area contributed by atoms with E-state index in [-0.39, 0.29) is 5.91 Å². The fourth-order valence-electron chi connectivity index (χ4n) is 3.06. The van der Waals surface area contributed by atoms with Crippen molar-refractivity contribution in [3.63, 3.8) is 0 Å². The highest BCUT2D eigenvalue weighted by Crippen LogP contribution is 2.22. The van der Waals surface area contributed by atoms with Crippen molar-refractivity contribution in [2.24, 2.45) is 0 Å². The molecular weight excluding hydrogens is 308 g/mol. The molecule has 1 aromatic heterocycles. The number of rotatable bonds is 4. The van der Waals surface area contributed by atoms with E-state index in [1.54, 1.807) is 6.20 Å². The van der Waals surface area contributed by atoms with Crippen LogP contribution >= 0.6 is 0 Å². The highest BCUT2D eigenvalue weighted by Gasteiger charge is 2.13. The Hall–Kier alpha value is -3.33. The molecule has 4 aromatic rings. The highest BCUT2D eigenvalue weighted by molar-refractivity contribution is 6.13. The number of amides is 1. The van der Waals surface area contributed by atoms with E-state index in [0.29, 0.717) is 5.56 Å². The van der Waals surface area contributed by atoms with E-state index < -0.39 is 0 Å². The van der Waals surface area contributed by atoms with Crippen LogP contribution in [0.4, 0.5) is 5.69 Å². The Balaban J connectivity index is 1.61. The Kier molecular flexibility index (Phi) is 4.05. The van der Waals surface area contributed by atoms with Crippen LogP contribution in [-0.4, -0.2) is 10.9 Å². The predicted octanol–water partition coefficient (Wildman–Crippen LogP) is 5.01. The van der Waals surface area contributed by atoms with Gasteiger partial charge < -0.3 is 10.3 Å². The van der Waals surface area contributed by atoms with Crippen LogP contribution in [0.15, 0.2) is 85.1 Å². The van der Waals surface area contributed by atoms with Crippen LogP contribution < -0.4 is 5.32 Å². The maximum absolute atomic E-state index is 12.8. The van der Waals surface area contributed by atoms with Gasteiger partial charge in [0.1, 0.15) is 0 Å². The molecule has 0 fully saturated rings. The minimum Gasteiger partial charge on any atom is -0.360 e. The number of benzene rings is 3. The van der Waals surface area contributed by atoms with Crippen molar-refractivity contribution in [3.05, 3.63) is 102 Å². The van der Waals surface area contributed by atoms with Gasteiger partial charge in [-0.3, -0.25) is 4.79 Å². The van der Waals surface area contributed by atoms with Crippen LogP contribution in [0.25, 0.3) is 10.9 Å². The molecule has 2 N–H and O–H groups in total. The standard InChI is InChI=1S/C22H18N2O/c25-22(19-15-23-21-13-7-5-11-18(19)21)24-20-12-6-4-10-17(20)14-16-8-2-1-3-9-16/h1-13,15,23H,14H2,(H,24,25). The Morgan fingerprint density at radius 3 is 2.44 bits per heavy atom. The smallest absolute Gasteiger partial charge is 0.257 e. The molecule has 1 heterocycles. The van der Waals surface area contributed by atoms with Crippen molar-refractivity contribution < 1.29 is 4.79 Å². The van der Waals surface area contributed by atoms with Gasteiger partial charge in [-0.15, -0.1) is 0 Å². The monoisotopic (exact) mass is 326 g/mol. The Morgan fingerprint density at radius 1 is 0.840 bits per heavy atom. The summed E-state index contributed by atoms with van der Waals surface area (Å²) in [5, 5.41) is 4.00. The van der Waals surface area contributed by atoms with Crippen molar-refractivity contribution in [1.29, 1.82) is 0 Å². The Bertz CT molecular complexity index is 1020. The first-order valence-corrected chi connectivity index (χ1v) is 8.30. The summed E-state index contributed by atoms with van der Waals surface area (Å²) in [7, 11) is 0. The van der Waals surface area contributed by atoms with Gasteiger partial charge in [0.25, 0.3) is 5.91 Å². The van der Waals surface area contributed by atoms with Gasteiger partial charge in [0.15, 0.2) is 0 Å². The second-order valence-corrected chi connectivity index (χ2v) is 6.02. The van der Waals surface area contributed by atoms with E-state index in [0.717, 1.165) is 28.6 Å². The highest BCUT2D eigenvalue weighted by atomic mass is 16.1. The lowest BCUT2D eigenvalue weighted by Crippen LogP contribution is -2.13. The fraction of sp³-hybridized carbons (Fsp3) is 0.0455. The summed E-state index contributed by atoms with van der Waals surface area (Å²) in [6, 6.07) is 26.0. The number of aromatic nitrogens is 1. The average Bonchev–Trinajstić information content (AvgIpc) is 3.08.